The summed E-state index contributed by atoms with van der Waals surface area (Å²) in [4.78, 5) is 20.6. The van der Waals surface area contributed by atoms with Crippen molar-refractivity contribution in [2.75, 3.05) is 45.2 Å². The van der Waals surface area contributed by atoms with Crippen molar-refractivity contribution < 1.29 is 4.79 Å². The van der Waals surface area contributed by atoms with E-state index in [1.807, 2.05) is 7.05 Å². The second kappa shape index (κ2) is 11.3. The van der Waals surface area contributed by atoms with Gasteiger partial charge in [0.1, 0.15) is 0 Å². The molecule has 1 fully saturated rings. The number of nitrogens with one attached hydrogen (secondary N) is 2. The first-order chi connectivity index (χ1) is 13.2. The molecule has 1 amide bonds. The third-order valence-electron chi connectivity index (χ3n) is 5.45. The normalized spacial score (nSPS) is 17.4. The van der Waals surface area contributed by atoms with E-state index in [2.05, 4.69) is 61.8 Å². The average molecular weight is 497 g/mol. The Bertz CT molecular complexity index is 673. The Hall–Kier alpha value is -1.77. The number of guanidine groups is 1. The van der Waals surface area contributed by atoms with Crippen molar-refractivity contribution in [2.24, 2.45) is 10.9 Å². The van der Waals surface area contributed by atoms with Gasteiger partial charge < -0.3 is 20.4 Å². The zero-order valence-corrected chi connectivity index (χ0v) is 19.2. The summed E-state index contributed by atoms with van der Waals surface area (Å²) in [5.74, 6) is 1.57. The highest BCUT2D eigenvalue weighted by Crippen LogP contribution is 2.21. The molecule has 2 N–H and O–H groups in total. The van der Waals surface area contributed by atoms with E-state index in [0.717, 1.165) is 51.5 Å². The Morgan fingerprint density at radius 2 is 1.79 bits per heavy atom. The van der Waals surface area contributed by atoms with Gasteiger partial charge in [0, 0.05) is 58.9 Å². The molecule has 0 atom stereocenters. The van der Waals surface area contributed by atoms with Gasteiger partial charge >= 0.3 is 0 Å². The third kappa shape index (κ3) is 6.12. The summed E-state index contributed by atoms with van der Waals surface area (Å²) >= 11 is 0. The highest BCUT2D eigenvalue weighted by atomic mass is 127. The summed E-state index contributed by atoms with van der Waals surface area (Å²) < 4.78 is 0. The van der Waals surface area contributed by atoms with Crippen LogP contribution < -0.4 is 15.5 Å². The minimum absolute atomic E-state index is 0. The van der Waals surface area contributed by atoms with Crippen LogP contribution in [0.2, 0.25) is 0 Å². The maximum absolute atomic E-state index is 11.6. The van der Waals surface area contributed by atoms with Gasteiger partial charge in [-0.05, 0) is 36.5 Å². The monoisotopic (exact) mass is 497 g/mol. The molecule has 2 aliphatic rings. The lowest BCUT2D eigenvalue weighted by atomic mass is 9.93. The van der Waals surface area contributed by atoms with Crippen molar-refractivity contribution >= 4 is 41.5 Å². The number of hydrogen-bond acceptors (Lipinski definition) is 3. The van der Waals surface area contributed by atoms with Crippen molar-refractivity contribution in [3.05, 3.63) is 42.0 Å². The van der Waals surface area contributed by atoms with E-state index in [0.29, 0.717) is 12.3 Å². The number of amides is 1. The number of carbonyl (C=O) groups excluding carboxylic acids is 1. The Morgan fingerprint density at radius 3 is 2.36 bits per heavy atom. The predicted molar refractivity (Wildman–Crippen MR) is 126 cm³/mol. The standard InChI is InChI=1S/C21H31N5O.HI/c1-22-20(27)15-17-9-13-26(14-10-17)21(23-2)24-16-18-5-7-19(8-6-18)25-11-3-4-12-25;/h3-8,17H,9-16H2,1-2H3,(H,22,27)(H,23,24);1H. The average Bonchev–Trinajstić information content (AvgIpc) is 3.25. The molecule has 2 aliphatic heterocycles. The summed E-state index contributed by atoms with van der Waals surface area (Å²) in [6, 6.07) is 8.75. The Kier molecular flexibility index (Phi) is 9.08. The van der Waals surface area contributed by atoms with Crippen LogP contribution in [0.1, 0.15) is 24.8 Å². The number of piperidine rings is 1. The zero-order valence-electron chi connectivity index (χ0n) is 16.9. The minimum Gasteiger partial charge on any atom is -0.364 e. The van der Waals surface area contributed by atoms with Gasteiger partial charge in [0.05, 0.1) is 0 Å². The van der Waals surface area contributed by atoms with Crippen LogP contribution in [0.5, 0.6) is 0 Å². The third-order valence-corrected chi connectivity index (χ3v) is 5.45. The Labute approximate surface area is 185 Å². The van der Waals surface area contributed by atoms with Crippen LogP contribution in [0.4, 0.5) is 5.69 Å². The molecule has 1 aromatic rings. The van der Waals surface area contributed by atoms with Crippen molar-refractivity contribution in [1.82, 2.24) is 15.5 Å². The smallest absolute Gasteiger partial charge is 0.220 e. The van der Waals surface area contributed by atoms with Gasteiger partial charge in [-0.1, -0.05) is 24.3 Å². The highest BCUT2D eigenvalue weighted by molar-refractivity contribution is 14.0. The topological polar surface area (TPSA) is 60.0 Å². The van der Waals surface area contributed by atoms with Crippen LogP contribution in [0.15, 0.2) is 41.4 Å². The number of anilines is 1. The molecule has 6 nitrogen and oxygen atoms in total. The Morgan fingerprint density at radius 1 is 1.14 bits per heavy atom. The van der Waals surface area contributed by atoms with E-state index in [-0.39, 0.29) is 29.9 Å². The zero-order chi connectivity index (χ0) is 19.1. The van der Waals surface area contributed by atoms with Gasteiger partial charge in [0.25, 0.3) is 0 Å². The molecule has 154 valence electrons. The molecule has 7 heteroatoms. The number of aliphatic imine (C=N–C) groups is 1. The second-order valence-electron chi connectivity index (χ2n) is 7.25. The van der Waals surface area contributed by atoms with Crippen LogP contribution in [-0.4, -0.2) is 57.0 Å². The molecule has 0 radical (unpaired) electrons. The van der Waals surface area contributed by atoms with Crippen molar-refractivity contribution in [2.45, 2.75) is 25.8 Å². The molecule has 0 saturated carbocycles. The van der Waals surface area contributed by atoms with Gasteiger partial charge in [0.15, 0.2) is 5.96 Å². The number of rotatable bonds is 5. The number of carbonyl (C=O) groups is 1. The fraction of sp³-hybridized carbons (Fsp3) is 0.524. The minimum atomic E-state index is 0. The lowest BCUT2D eigenvalue weighted by Gasteiger charge is -2.34. The summed E-state index contributed by atoms with van der Waals surface area (Å²) in [5.41, 5.74) is 2.52. The molecule has 0 bridgehead atoms. The van der Waals surface area contributed by atoms with Gasteiger partial charge in [-0.25, -0.2) is 0 Å². The fourth-order valence-corrected chi connectivity index (χ4v) is 3.74. The molecule has 0 aromatic heterocycles. The number of likely N-dealkylation sites (tertiary alicyclic amines) is 1. The van der Waals surface area contributed by atoms with E-state index in [1.165, 1.54) is 11.3 Å². The van der Waals surface area contributed by atoms with Gasteiger partial charge in [0.2, 0.25) is 5.91 Å². The predicted octanol–water partition coefficient (Wildman–Crippen LogP) is 2.60. The second-order valence-corrected chi connectivity index (χ2v) is 7.25. The highest BCUT2D eigenvalue weighted by Gasteiger charge is 2.23. The SMILES string of the molecule is CN=C(NCc1ccc(N2CC=CC2)cc1)N1CCC(CC(=O)NC)CC1.I. The van der Waals surface area contributed by atoms with Crippen LogP contribution in [0.3, 0.4) is 0 Å². The summed E-state index contributed by atoms with van der Waals surface area (Å²) in [5, 5.41) is 6.20. The first kappa shape index (κ1) is 22.5. The van der Waals surface area contributed by atoms with Gasteiger partial charge in [-0.2, -0.15) is 0 Å². The molecule has 1 aromatic carbocycles. The van der Waals surface area contributed by atoms with Crippen molar-refractivity contribution in [1.29, 1.82) is 0 Å². The summed E-state index contributed by atoms with van der Waals surface area (Å²) in [6.07, 6.45) is 7.11. The molecule has 28 heavy (non-hydrogen) atoms. The van der Waals surface area contributed by atoms with E-state index in [1.54, 1.807) is 7.05 Å². The first-order valence-electron chi connectivity index (χ1n) is 9.84. The quantitative estimate of drug-likeness (QED) is 0.284. The lowest BCUT2D eigenvalue weighted by molar-refractivity contribution is -0.121. The molecular formula is C21H32IN5O. The largest absolute Gasteiger partial charge is 0.364 e. The fourth-order valence-electron chi connectivity index (χ4n) is 3.74. The Balaban J connectivity index is 0.00000280. The van der Waals surface area contributed by atoms with Crippen LogP contribution in [-0.2, 0) is 11.3 Å². The number of benzene rings is 1. The van der Waals surface area contributed by atoms with E-state index < -0.39 is 0 Å². The van der Waals surface area contributed by atoms with Crippen LogP contribution in [0, 0.1) is 5.92 Å². The van der Waals surface area contributed by atoms with Gasteiger partial charge in [-0.3, -0.25) is 9.79 Å². The molecule has 0 spiro atoms. The van der Waals surface area contributed by atoms with E-state index in [9.17, 15) is 4.79 Å². The van der Waals surface area contributed by atoms with E-state index in [4.69, 9.17) is 0 Å². The molecule has 0 unspecified atom stereocenters. The molecule has 2 heterocycles. The molecule has 1 saturated heterocycles. The van der Waals surface area contributed by atoms with Crippen molar-refractivity contribution in [3.63, 3.8) is 0 Å². The van der Waals surface area contributed by atoms with Crippen LogP contribution in [0.25, 0.3) is 0 Å². The van der Waals surface area contributed by atoms with Crippen molar-refractivity contribution in [3.8, 4) is 0 Å². The summed E-state index contributed by atoms with van der Waals surface area (Å²) in [7, 11) is 3.54. The number of hydrogen-bond donors (Lipinski definition) is 2. The van der Waals surface area contributed by atoms with Crippen LogP contribution >= 0.6 is 24.0 Å². The maximum Gasteiger partial charge on any atom is 0.220 e. The number of nitrogens with zero attached hydrogens (tertiary/aromatic N) is 3. The summed E-state index contributed by atoms with van der Waals surface area (Å²) in [6.45, 7) is 4.66. The lowest BCUT2D eigenvalue weighted by Crippen LogP contribution is -2.45. The number of halogens is 1. The van der Waals surface area contributed by atoms with Gasteiger partial charge in [-0.15, -0.1) is 24.0 Å². The maximum atomic E-state index is 11.6. The first-order valence-corrected chi connectivity index (χ1v) is 9.84. The molecular weight excluding hydrogens is 465 g/mol. The molecule has 3 rings (SSSR count). The molecule has 0 aliphatic carbocycles. The van der Waals surface area contributed by atoms with E-state index >= 15 is 0 Å².